The fraction of sp³-hybridized carbons (Fsp3) is 0.364. The molecule has 1 rings (SSSR count). The second kappa shape index (κ2) is 6.07. The molecule has 0 aliphatic rings. The number of methoxy groups -OCH3 is 1. The maximum absolute atomic E-state index is 10.6. The van der Waals surface area contributed by atoms with Crippen molar-refractivity contribution < 1.29 is 24.9 Å². The quantitative estimate of drug-likeness (QED) is 0.556. The Morgan fingerprint density at radius 1 is 1.53 bits per heavy atom. The largest absolute Gasteiger partial charge is 0.504 e. The number of aliphatic carboxylic acids is 1. The zero-order valence-electron chi connectivity index (χ0n) is 9.38. The van der Waals surface area contributed by atoms with Gasteiger partial charge in [0.25, 0.3) is 0 Å². The number of carboxylic acid groups (broad SMARTS) is 1. The van der Waals surface area contributed by atoms with Gasteiger partial charge in [0.15, 0.2) is 11.5 Å². The standard InChI is InChI=1S/C11H15NO5/c1-17-10-4-7(2-3-9(10)14)5-12-8(6-13)11(15)16/h2-4,8,12-14H,5-6H2,1H3,(H,15,16). The van der Waals surface area contributed by atoms with E-state index >= 15 is 0 Å². The average molecular weight is 241 g/mol. The number of hydrogen-bond donors (Lipinski definition) is 4. The lowest BCUT2D eigenvalue weighted by Gasteiger charge is -2.12. The maximum Gasteiger partial charge on any atom is 0.323 e. The lowest BCUT2D eigenvalue weighted by atomic mass is 10.2. The fourth-order valence-electron chi connectivity index (χ4n) is 1.30. The van der Waals surface area contributed by atoms with Crippen LogP contribution in [0.5, 0.6) is 11.5 Å². The number of aliphatic hydroxyl groups excluding tert-OH is 1. The smallest absolute Gasteiger partial charge is 0.323 e. The van der Waals surface area contributed by atoms with Gasteiger partial charge in [-0.05, 0) is 17.7 Å². The summed E-state index contributed by atoms with van der Waals surface area (Å²) in [6.07, 6.45) is 0. The highest BCUT2D eigenvalue weighted by atomic mass is 16.5. The van der Waals surface area contributed by atoms with Gasteiger partial charge in [-0.3, -0.25) is 10.1 Å². The molecular weight excluding hydrogens is 226 g/mol. The van der Waals surface area contributed by atoms with Crippen molar-refractivity contribution in [2.45, 2.75) is 12.6 Å². The molecule has 0 aromatic heterocycles. The number of nitrogens with one attached hydrogen (secondary N) is 1. The first-order valence-electron chi connectivity index (χ1n) is 5.01. The Morgan fingerprint density at radius 2 is 2.24 bits per heavy atom. The molecule has 1 aromatic carbocycles. The molecule has 1 atom stereocenters. The summed E-state index contributed by atoms with van der Waals surface area (Å²) in [5.74, 6) is -0.772. The molecule has 0 aliphatic carbocycles. The molecule has 17 heavy (non-hydrogen) atoms. The Balaban J connectivity index is 2.66. The molecule has 1 aromatic rings. The predicted molar refractivity (Wildman–Crippen MR) is 60.0 cm³/mol. The summed E-state index contributed by atoms with van der Waals surface area (Å²) in [5, 5.41) is 29.6. The van der Waals surface area contributed by atoms with Crippen molar-refractivity contribution in [1.29, 1.82) is 0 Å². The van der Waals surface area contributed by atoms with E-state index in [4.69, 9.17) is 14.9 Å². The molecule has 0 spiro atoms. The van der Waals surface area contributed by atoms with Crippen LogP contribution in [-0.4, -0.2) is 41.0 Å². The molecule has 0 heterocycles. The van der Waals surface area contributed by atoms with Gasteiger partial charge in [-0.1, -0.05) is 6.07 Å². The van der Waals surface area contributed by atoms with Crippen molar-refractivity contribution in [2.24, 2.45) is 0 Å². The second-order valence-electron chi connectivity index (χ2n) is 3.46. The first-order valence-corrected chi connectivity index (χ1v) is 5.01. The lowest BCUT2D eigenvalue weighted by molar-refractivity contribution is -0.140. The highest BCUT2D eigenvalue weighted by Crippen LogP contribution is 2.26. The number of phenols is 1. The number of carboxylic acids is 1. The molecular formula is C11H15NO5. The minimum atomic E-state index is -1.11. The first kappa shape index (κ1) is 13.3. The number of ether oxygens (including phenoxy) is 1. The van der Waals surface area contributed by atoms with Gasteiger partial charge in [0.2, 0.25) is 0 Å². The first-order chi connectivity index (χ1) is 8.08. The number of benzene rings is 1. The van der Waals surface area contributed by atoms with Gasteiger partial charge in [-0.25, -0.2) is 0 Å². The topological polar surface area (TPSA) is 99.0 Å². The number of rotatable bonds is 6. The zero-order valence-corrected chi connectivity index (χ0v) is 9.38. The normalized spacial score (nSPS) is 12.1. The van der Waals surface area contributed by atoms with Gasteiger partial charge in [0.05, 0.1) is 13.7 Å². The van der Waals surface area contributed by atoms with Gasteiger partial charge in [0, 0.05) is 6.54 Å². The second-order valence-corrected chi connectivity index (χ2v) is 3.46. The molecule has 0 aliphatic heterocycles. The van der Waals surface area contributed by atoms with Crippen LogP contribution in [0.25, 0.3) is 0 Å². The van der Waals surface area contributed by atoms with E-state index < -0.39 is 18.6 Å². The molecule has 6 heteroatoms. The molecule has 0 fully saturated rings. The number of hydrogen-bond acceptors (Lipinski definition) is 5. The Hall–Kier alpha value is -1.79. The number of aliphatic hydroxyl groups is 1. The summed E-state index contributed by atoms with van der Waals surface area (Å²) in [4.78, 5) is 10.6. The van der Waals surface area contributed by atoms with Crippen LogP contribution >= 0.6 is 0 Å². The molecule has 1 unspecified atom stereocenters. The van der Waals surface area contributed by atoms with Crippen LogP contribution in [0.2, 0.25) is 0 Å². The maximum atomic E-state index is 10.6. The van der Waals surface area contributed by atoms with E-state index in [-0.39, 0.29) is 12.3 Å². The van der Waals surface area contributed by atoms with E-state index in [0.717, 1.165) is 5.56 Å². The highest BCUT2D eigenvalue weighted by molar-refractivity contribution is 5.73. The van der Waals surface area contributed by atoms with Crippen molar-refractivity contribution in [2.75, 3.05) is 13.7 Å². The van der Waals surface area contributed by atoms with E-state index in [1.165, 1.54) is 13.2 Å². The SMILES string of the molecule is COc1cc(CNC(CO)C(=O)O)ccc1O. The van der Waals surface area contributed by atoms with E-state index in [0.29, 0.717) is 5.75 Å². The van der Waals surface area contributed by atoms with E-state index in [2.05, 4.69) is 5.32 Å². The predicted octanol–water partition coefficient (Wildman–Crippen LogP) is -0.0641. The van der Waals surface area contributed by atoms with Gasteiger partial charge in [-0.2, -0.15) is 0 Å². The Morgan fingerprint density at radius 3 is 2.76 bits per heavy atom. The van der Waals surface area contributed by atoms with Crippen molar-refractivity contribution in [1.82, 2.24) is 5.32 Å². The molecule has 0 amide bonds. The molecule has 0 radical (unpaired) electrons. The van der Waals surface area contributed by atoms with Crippen molar-refractivity contribution in [3.63, 3.8) is 0 Å². The van der Waals surface area contributed by atoms with E-state index in [1.807, 2.05) is 0 Å². The van der Waals surface area contributed by atoms with Gasteiger partial charge < -0.3 is 20.1 Å². The third kappa shape index (κ3) is 3.61. The molecule has 0 saturated heterocycles. The van der Waals surface area contributed by atoms with Gasteiger partial charge in [-0.15, -0.1) is 0 Å². The van der Waals surface area contributed by atoms with Crippen LogP contribution in [-0.2, 0) is 11.3 Å². The summed E-state index contributed by atoms with van der Waals surface area (Å²) in [7, 11) is 1.43. The summed E-state index contributed by atoms with van der Waals surface area (Å²) < 4.78 is 4.92. The zero-order chi connectivity index (χ0) is 12.8. The average Bonchev–Trinajstić information content (AvgIpc) is 2.31. The van der Waals surface area contributed by atoms with Crippen LogP contribution in [0, 0.1) is 0 Å². The molecule has 0 saturated carbocycles. The van der Waals surface area contributed by atoms with Crippen LogP contribution in [0.3, 0.4) is 0 Å². The Kier molecular flexibility index (Phi) is 4.74. The van der Waals surface area contributed by atoms with E-state index in [9.17, 15) is 9.90 Å². The minimum Gasteiger partial charge on any atom is -0.504 e. The van der Waals surface area contributed by atoms with Crippen molar-refractivity contribution in [3.8, 4) is 11.5 Å². The molecule has 4 N–H and O–H groups in total. The van der Waals surface area contributed by atoms with Crippen LogP contribution in [0.1, 0.15) is 5.56 Å². The fourth-order valence-corrected chi connectivity index (χ4v) is 1.30. The lowest BCUT2D eigenvalue weighted by Crippen LogP contribution is -2.39. The molecule has 6 nitrogen and oxygen atoms in total. The van der Waals surface area contributed by atoms with E-state index in [1.54, 1.807) is 12.1 Å². The summed E-state index contributed by atoms with van der Waals surface area (Å²) >= 11 is 0. The molecule has 94 valence electrons. The van der Waals surface area contributed by atoms with Crippen LogP contribution in [0.15, 0.2) is 18.2 Å². The van der Waals surface area contributed by atoms with Gasteiger partial charge >= 0.3 is 5.97 Å². The van der Waals surface area contributed by atoms with Gasteiger partial charge in [0.1, 0.15) is 6.04 Å². The minimum absolute atomic E-state index is 0.0215. The Labute approximate surface area is 98.5 Å². The third-order valence-electron chi connectivity index (χ3n) is 2.28. The van der Waals surface area contributed by atoms with Crippen molar-refractivity contribution >= 4 is 5.97 Å². The summed E-state index contributed by atoms with van der Waals surface area (Å²) in [6, 6.07) is 3.69. The third-order valence-corrected chi connectivity index (χ3v) is 2.28. The van der Waals surface area contributed by atoms with Crippen LogP contribution in [0.4, 0.5) is 0 Å². The monoisotopic (exact) mass is 241 g/mol. The molecule has 0 bridgehead atoms. The van der Waals surface area contributed by atoms with Crippen molar-refractivity contribution in [3.05, 3.63) is 23.8 Å². The highest BCUT2D eigenvalue weighted by Gasteiger charge is 2.15. The van der Waals surface area contributed by atoms with Crippen LogP contribution < -0.4 is 10.1 Å². The Bertz CT molecular complexity index is 393. The number of phenolic OH excluding ortho intramolecular Hbond substituents is 1. The summed E-state index contributed by atoms with van der Waals surface area (Å²) in [5.41, 5.74) is 0.749. The number of aromatic hydroxyl groups is 1. The summed E-state index contributed by atoms with van der Waals surface area (Å²) in [6.45, 7) is -0.223. The number of carbonyl (C=O) groups is 1.